The number of carbonyl (C=O) groups excluding carboxylic acids is 1. The van der Waals surface area contributed by atoms with Gasteiger partial charge in [0.25, 0.3) is 0 Å². The summed E-state index contributed by atoms with van der Waals surface area (Å²) in [5.41, 5.74) is 0. The van der Waals surface area contributed by atoms with Crippen LogP contribution >= 0.6 is 0 Å². The largest absolute Gasteiger partial charge is 2.00 e. The summed E-state index contributed by atoms with van der Waals surface area (Å²) < 4.78 is 0. The molecule has 0 fully saturated rings. The molecule has 0 amide bonds. The first kappa shape index (κ1) is 15.7. The Morgan fingerprint density at radius 2 is 2.00 bits per heavy atom. The van der Waals surface area contributed by atoms with Gasteiger partial charge in [0.05, 0.1) is 0 Å². The monoisotopic (exact) mass is 165 g/mol. The van der Waals surface area contributed by atoms with Crippen LogP contribution in [0.4, 0.5) is 0 Å². The van der Waals surface area contributed by atoms with Crippen molar-refractivity contribution in [2.75, 3.05) is 7.05 Å². The van der Waals surface area contributed by atoms with Gasteiger partial charge in [0, 0.05) is 5.78 Å². The van der Waals surface area contributed by atoms with Crippen LogP contribution in [0.15, 0.2) is 0 Å². The minimum Gasteiger partial charge on any atom is -0.450 e. The molecule has 0 aliphatic heterocycles. The molecule has 3 heteroatoms. The van der Waals surface area contributed by atoms with Gasteiger partial charge in [0.1, 0.15) is 0 Å². The Labute approximate surface area is 63.8 Å². The molecule has 0 atom stereocenters. The van der Waals surface area contributed by atoms with E-state index in [0.717, 1.165) is 0 Å². The molecule has 0 unspecified atom stereocenters. The SMILES string of the molecule is CN[CH-]C(C)=O.[CH3-].[Zn+2]. The van der Waals surface area contributed by atoms with E-state index in [2.05, 4.69) is 5.32 Å². The molecule has 0 saturated heterocycles. The Morgan fingerprint density at radius 1 is 1.62 bits per heavy atom. The van der Waals surface area contributed by atoms with Crippen molar-refractivity contribution < 1.29 is 24.3 Å². The summed E-state index contributed by atoms with van der Waals surface area (Å²) in [4.78, 5) is 9.93. The minimum absolute atomic E-state index is 0. The summed E-state index contributed by atoms with van der Waals surface area (Å²) in [6, 6.07) is 0. The van der Waals surface area contributed by atoms with Gasteiger partial charge in [0.15, 0.2) is 0 Å². The van der Waals surface area contributed by atoms with Crippen LogP contribution in [0.1, 0.15) is 6.92 Å². The van der Waals surface area contributed by atoms with E-state index in [1.807, 2.05) is 0 Å². The number of ketones is 1. The minimum atomic E-state index is 0. The van der Waals surface area contributed by atoms with Crippen LogP contribution in [0.2, 0.25) is 0 Å². The van der Waals surface area contributed by atoms with E-state index in [4.69, 9.17) is 0 Å². The first-order chi connectivity index (χ1) is 2.77. The van der Waals surface area contributed by atoms with Crippen LogP contribution in [-0.4, -0.2) is 12.8 Å². The van der Waals surface area contributed by atoms with Gasteiger partial charge in [-0.1, -0.05) is 0 Å². The molecule has 2 nitrogen and oxygen atoms in total. The standard InChI is InChI=1S/C4H8NO.CH3.Zn/c1-4(6)3-5-2;;/h3,5H,1-2H3;1H3;/q2*-1;+2. The Kier molecular flexibility index (Phi) is 20.0. The third-order valence-electron chi connectivity index (χ3n) is 0.348. The van der Waals surface area contributed by atoms with E-state index >= 15 is 0 Å². The van der Waals surface area contributed by atoms with Gasteiger partial charge in [0.2, 0.25) is 0 Å². The number of rotatable bonds is 2. The molecule has 0 rings (SSSR count). The van der Waals surface area contributed by atoms with Crippen LogP contribution in [-0.2, 0) is 24.3 Å². The average Bonchev–Trinajstić information content (AvgIpc) is 1.35. The summed E-state index contributed by atoms with van der Waals surface area (Å²) >= 11 is 0. The molecule has 0 spiro atoms. The van der Waals surface area contributed by atoms with E-state index in [9.17, 15) is 4.79 Å². The Morgan fingerprint density at radius 3 is 2.00 bits per heavy atom. The smallest absolute Gasteiger partial charge is 0.450 e. The Balaban J connectivity index is -0.000000125. The Bertz CT molecular complexity index is 56.4. The van der Waals surface area contributed by atoms with Gasteiger partial charge >= 0.3 is 19.5 Å². The van der Waals surface area contributed by atoms with E-state index in [1.54, 1.807) is 7.05 Å². The predicted octanol–water partition coefficient (Wildman–Crippen LogP) is 0.404. The topological polar surface area (TPSA) is 29.1 Å². The molecule has 0 aromatic rings. The fourth-order valence-electron chi connectivity index (χ4n) is 0.203. The zero-order valence-electron chi connectivity index (χ0n) is 5.69. The van der Waals surface area contributed by atoms with Crippen LogP contribution in [0.25, 0.3) is 0 Å². The van der Waals surface area contributed by atoms with Crippen molar-refractivity contribution in [2.45, 2.75) is 6.92 Å². The average molecular weight is 167 g/mol. The quantitative estimate of drug-likeness (QED) is 0.476. The maximum Gasteiger partial charge on any atom is 2.00 e. The molecule has 0 radical (unpaired) electrons. The first-order valence-corrected chi connectivity index (χ1v) is 1.78. The molecule has 0 aliphatic rings. The predicted molar refractivity (Wildman–Crippen MR) is 30.5 cm³/mol. The number of hydrogen-bond acceptors (Lipinski definition) is 2. The van der Waals surface area contributed by atoms with Gasteiger partial charge in [-0.05, 0) is 14.0 Å². The van der Waals surface area contributed by atoms with Gasteiger partial charge < -0.3 is 17.5 Å². The number of Topliss-reactive ketones (excluding diaryl/α,β-unsaturated/α-hetero) is 1. The van der Waals surface area contributed by atoms with E-state index in [1.165, 1.54) is 13.5 Å². The third kappa shape index (κ3) is 16.5. The molecule has 0 aromatic carbocycles. The summed E-state index contributed by atoms with van der Waals surface area (Å²) in [5, 5.41) is 2.59. The van der Waals surface area contributed by atoms with Crippen LogP contribution in [0.3, 0.4) is 0 Å². The Hall–Kier alpha value is 0.123. The van der Waals surface area contributed by atoms with E-state index in [0.29, 0.717) is 0 Å². The number of nitrogens with one attached hydrogen (secondary N) is 1. The van der Waals surface area contributed by atoms with Crippen molar-refractivity contribution >= 4 is 5.78 Å². The molecule has 44 valence electrons. The fraction of sp³-hybridized carbons (Fsp3) is 0.400. The zero-order valence-corrected chi connectivity index (χ0v) is 8.66. The molecular formula is C5H11NOZn. The molecule has 0 saturated carbocycles. The molecule has 1 N–H and O–H groups in total. The van der Waals surface area contributed by atoms with E-state index < -0.39 is 0 Å². The molecule has 0 aliphatic carbocycles. The summed E-state index contributed by atoms with van der Waals surface area (Å²) in [5.74, 6) is 0.0532. The number of likely N-dealkylation sites (N-methyl/N-ethyl adjacent to an activating group) is 1. The van der Waals surface area contributed by atoms with E-state index in [-0.39, 0.29) is 32.7 Å². The zero-order chi connectivity index (χ0) is 4.99. The first-order valence-electron chi connectivity index (χ1n) is 1.78. The molecule has 8 heavy (non-hydrogen) atoms. The fourth-order valence-corrected chi connectivity index (χ4v) is 0.203. The van der Waals surface area contributed by atoms with Crippen molar-refractivity contribution in [3.8, 4) is 0 Å². The summed E-state index contributed by atoms with van der Waals surface area (Å²) in [6.07, 6.45) is 0. The van der Waals surface area contributed by atoms with Gasteiger partial charge in [-0.15, -0.1) is 0 Å². The van der Waals surface area contributed by atoms with Gasteiger partial charge in [-0.2, -0.15) is 0 Å². The van der Waals surface area contributed by atoms with Gasteiger partial charge in [-0.25, -0.2) is 0 Å². The number of hydrogen-bond donors (Lipinski definition) is 1. The molecule has 0 aromatic heterocycles. The maximum atomic E-state index is 9.93. The van der Waals surface area contributed by atoms with Crippen LogP contribution in [0, 0.1) is 14.0 Å². The molecule has 0 bridgehead atoms. The molecule has 0 heterocycles. The van der Waals surface area contributed by atoms with Crippen LogP contribution < -0.4 is 5.32 Å². The van der Waals surface area contributed by atoms with Crippen molar-refractivity contribution in [1.29, 1.82) is 0 Å². The van der Waals surface area contributed by atoms with Crippen molar-refractivity contribution in [3.63, 3.8) is 0 Å². The second kappa shape index (κ2) is 10.2. The normalized spacial score (nSPS) is 5.75. The third-order valence-corrected chi connectivity index (χ3v) is 0.348. The number of carbonyl (C=O) groups is 1. The van der Waals surface area contributed by atoms with Crippen molar-refractivity contribution in [2.24, 2.45) is 0 Å². The second-order valence-electron chi connectivity index (χ2n) is 1.04. The van der Waals surface area contributed by atoms with Crippen molar-refractivity contribution in [1.82, 2.24) is 5.32 Å². The molecular weight excluding hydrogens is 155 g/mol. The summed E-state index contributed by atoms with van der Waals surface area (Å²) in [7, 11) is 1.70. The maximum absolute atomic E-state index is 9.93. The van der Waals surface area contributed by atoms with Crippen LogP contribution in [0.5, 0.6) is 0 Å². The van der Waals surface area contributed by atoms with Crippen molar-refractivity contribution in [3.05, 3.63) is 14.0 Å². The second-order valence-corrected chi connectivity index (χ2v) is 1.04. The van der Waals surface area contributed by atoms with Gasteiger partial charge in [-0.3, -0.25) is 6.54 Å². The summed E-state index contributed by atoms with van der Waals surface area (Å²) in [6.45, 7) is 2.90.